The lowest BCUT2D eigenvalue weighted by molar-refractivity contribution is 0.0950. The summed E-state index contributed by atoms with van der Waals surface area (Å²) in [6.07, 6.45) is 3.93. The Kier molecular flexibility index (Phi) is 5.92. The summed E-state index contributed by atoms with van der Waals surface area (Å²) in [7, 11) is 0. The third kappa shape index (κ3) is 4.42. The fourth-order valence-corrected chi connectivity index (χ4v) is 3.70. The first-order valence-corrected chi connectivity index (χ1v) is 10.8. The maximum Gasteiger partial charge on any atom is 0.251 e. The number of hydrogen-bond donors (Lipinski definition) is 3. The largest absolute Gasteiger partial charge is 0.380 e. The van der Waals surface area contributed by atoms with Crippen LogP contribution >= 0.6 is 11.6 Å². The minimum Gasteiger partial charge on any atom is -0.380 e. The van der Waals surface area contributed by atoms with Crippen LogP contribution in [0.1, 0.15) is 42.6 Å². The molecule has 1 aliphatic rings. The van der Waals surface area contributed by atoms with Crippen molar-refractivity contribution in [3.05, 3.63) is 46.7 Å². The van der Waals surface area contributed by atoms with Crippen LogP contribution in [0, 0.1) is 6.92 Å². The number of likely N-dealkylation sites (N-methyl/N-ethyl adjacent to an activating group) is 1. The Hall–Kier alpha value is -2.64. The van der Waals surface area contributed by atoms with E-state index in [1.54, 1.807) is 16.8 Å². The standard InChI is InChI=1S/C22H27ClN6O/c1-4-24-14(3)11-25-18-10-20(23)28-29-19(12-26-21(18)29)15-5-8-17(13(2)9-15)22(30)27-16-6-7-16/h5,8-10,12,14,16,24-25H,4,6-7,11H2,1-3H3,(H,27,30). The zero-order chi connectivity index (χ0) is 21.3. The first-order chi connectivity index (χ1) is 14.5. The Morgan fingerprint density at radius 3 is 2.83 bits per heavy atom. The van der Waals surface area contributed by atoms with Gasteiger partial charge in [-0.3, -0.25) is 4.79 Å². The number of amides is 1. The number of carbonyl (C=O) groups excluding carboxylic acids is 1. The molecule has 0 radical (unpaired) electrons. The van der Waals surface area contributed by atoms with Crippen LogP contribution < -0.4 is 16.0 Å². The number of aryl methyl sites for hydroxylation is 1. The summed E-state index contributed by atoms with van der Waals surface area (Å²) in [5.74, 6) is -0.0119. The number of benzene rings is 1. The number of aromatic nitrogens is 3. The second-order valence-electron chi connectivity index (χ2n) is 7.88. The Balaban J connectivity index is 1.63. The van der Waals surface area contributed by atoms with Gasteiger partial charge in [-0.1, -0.05) is 24.6 Å². The van der Waals surface area contributed by atoms with Crippen LogP contribution in [0.25, 0.3) is 16.9 Å². The predicted octanol–water partition coefficient (Wildman–Crippen LogP) is 3.66. The molecule has 4 rings (SSSR count). The fraction of sp³-hybridized carbons (Fsp3) is 0.409. The molecule has 1 aromatic carbocycles. The van der Waals surface area contributed by atoms with E-state index < -0.39 is 0 Å². The van der Waals surface area contributed by atoms with Crippen molar-refractivity contribution in [2.24, 2.45) is 0 Å². The van der Waals surface area contributed by atoms with Gasteiger partial charge in [-0.2, -0.15) is 5.10 Å². The molecule has 30 heavy (non-hydrogen) atoms. The van der Waals surface area contributed by atoms with E-state index in [2.05, 4.69) is 39.9 Å². The molecule has 1 aliphatic carbocycles. The number of hydrogen-bond acceptors (Lipinski definition) is 5. The van der Waals surface area contributed by atoms with Gasteiger partial charge in [0, 0.05) is 35.8 Å². The molecule has 1 fully saturated rings. The maximum atomic E-state index is 12.4. The second-order valence-corrected chi connectivity index (χ2v) is 8.26. The summed E-state index contributed by atoms with van der Waals surface area (Å²) >= 11 is 6.30. The second kappa shape index (κ2) is 8.62. The van der Waals surface area contributed by atoms with E-state index in [4.69, 9.17) is 11.6 Å². The number of nitrogens with one attached hydrogen (secondary N) is 3. The van der Waals surface area contributed by atoms with Crippen LogP contribution in [0.5, 0.6) is 0 Å². The fourth-order valence-electron chi connectivity index (χ4n) is 3.52. The quantitative estimate of drug-likeness (QED) is 0.512. The van der Waals surface area contributed by atoms with Crippen molar-refractivity contribution in [1.82, 2.24) is 25.2 Å². The summed E-state index contributed by atoms with van der Waals surface area (Å²) in [5.41, 5.74) is 4.93. The van der Waals surface area contributed by atoms with Crippen LogP contribution in [0.4, 0.5) is 5.69 Å². The van der Waals surface area contributed by atoms with Gasteiger partial charge in [0.2, 0.25) is 0 Å². The molecule has 158 valence electrons. The molecule has 2 heterocycles. The van der Waals surface area contributed by atoms with Crippen LogP contribution in [0.3, 0.4) is 0 Å². The van der Waals surface area contributed by atoms with E-state index >= 15 is 0 Å². The van der Waals surface area contributed by atoms with Gasteiger partial charge in [0.25, 0.3) is 5.91 Å². The van der Waals surface area contributed by atoms with Crippen molar-refractivity contribution in [3.63, 3.8) is 0 Å². The van der Waals surface area contributed by atoms with E-state index in [9.17, 15) is 4.79 Å². The van der Waals surface area contributed by atoms with Gasteiger partial charge in [0.15, 0.2) is 10.8 Å². The van der Waals surface area contributed by atoms with Gasteiger partial charge in [0.1, 0.15) is 0 Å². The molecule has 0 saturated heterocycles. The van der Waals surface area contributed by atoms with Crippen molar-refractivity contribution in [2.45, 2.75) is 45.7 Å². The van der Waals surface area contributed by atoms with Crippen LogP contribution in [0.15, 0.2) is 30.5 Å². The number of rotatable bonds is 8. The van der Waals surface area contributed by atoms with Gasteiger partial charge < -0.3 is 16.0 Å². The number of nitrogens with zero attached hydrogens (tertiary/aromatic N) is 3. The molecule has 2 aromatic heterocycles. The van der Waals surface area contributed by atoms with E-state index in [0.29, 0.717) is 28.4 Å². The smallest absolute Gasteiger partial charge is 0.251 e. The molecule has 3 aromatic rings. The first-order valence-electron chi connectivity index (χ1n) is 10.4. The topological polar surface area (TPSA) is 83.3 Å². The van der Waals surface area contributed by atoms with E-state index in [1.807, 2.05) is 25.1 Å². The Morgan fingerprint density at radius 2 is 2.13 bits per heavy atom. The lowest BCUT2D eigenvalue weighted by atomic mass is 10.0. The first kappa shape index (κ1) is 20.6. The summed E-state index contributed by atoms with van der Waals surface area (Å²) in [6, 6.07) is 8.23. The molecule has 0 aliphatic heterocycles. The number of anilines is 1. The summed E-state index contributed by atoms with van der Waals surface area (Å²) < 4.78 is 1.75. The maximum absolute atomic E-state index is 12.4. The van der Waals surface area contributed by atoms with Gasteiger partial charge in [-0.05, 0) is 50.9 Å². The summed E-state index contributed by atoms with van der Waals surface area (Å²) in [4.78, 5) is 17.0. The molecule has 1 atom stereocenters. The SMILES string of the molecule is CCNC(C)CNc1cc(Cl)nn2c(-c3ccc(C(=O)NC4CC4)c(C)c3)cnc12. The summed E-state index contributed by atoms with van der Waals surface area (Å²) in [5, 5.41) is 14.7. The average molecular weight is 427 g/mol. The highest BCUT2D eigenvalue weighted by molar-refractivity contribution is 6.29. The zero-order valence-corrected chi connectivity index (χ0v) is 18.3. The molecular formula is C22H27ClN6O. The lowest BCUT2D eigenvalue weighted by Crippen LogP contribution is -2.32. The monoisotopic (exact) mass is 426 g/mol. The highest BCUT2D eigenvalue weighted by Crippen LogP contribution is 2.28. The van der Waals surface area contributed by atoms with Crippen molar-refractivity contribution < 1.29 is 4.79 Å². The Labute approximate surface area is 181 Å². The molecule has 0 spiro atoms. The van der Waals surface area contributed by atoms with Gasteiger partial charge in [0.05, 0.1) is 17.6 Å². The zero-order valence-electron chi connectivity index (χ0n) is 17.5. The Bertz CT molecular complexity index is 1070. The number of halogens is 1. The lowest BCUT2D eigenvalue weighted by Gasteiger charge is -2.15. The van der Waals surface area contributed by atoms with Gasteiger partial charge in [-0.25, -0.2) is 9.50 Å². The average Bonchev–Trinajstić information content (AvgIpc) is 3.42. The number of fused-ring (bicyclic) bond motifs is 1. The van der Waals surface area contributed by atoms with Gasteiger partial charge in [-0.15, -0.1) is 0 Å². The molecule has 3 N–H and O–H groups in total. The Morgan fingerprint density at radius 1 is 1.33 bits per heavy atom. The molecule has 0 bridgehead atoms. The number of carbonyl (C=O) groups is 1. The van der Waals surface area contributed by atoms with Crippen LogP contribution in [-0.2, 0) is 0 Å². The minimum absolute atomic E-state index is 0.0119. The van der Waals surface area contributed by atoms with Crippen molar-refractivity contribution in [2.75, 3.05) is 18.4 Å². The highest BCUT2D eigenvalue weighted by atomic mass is 35.5. The number of imidazole rings is 1. The van der Waals surface area contributed by atoms with Gasteiger partial charge >= 0.3 is 0 Å². The normalized spacial score (nSPS) is 14.7. The molecule has 7 nitrogen and oxygen atoms in total. The molecule has 1 amide bonds. The summed E-state index contributed by atoms with van der Waals surface area (Å²) in [6.45, 7) is 7.82. The van der Waals surface area contributed by atoms with E-state index in [0.717, 1.165) is 48.4 Å². The molecule has 1 saturated carbocycles. The molecular weight excluding hydrogens is 400 g/mol. The van der Waals surface area contributed by atoms with Crippen molar-refractivity contribution >= 4 is 28.8 Å². The third-order valence-electron chi connectivity index (χ3n) is 5.27. The predicted molar refractivity (Wildman–Crippen MR) is 120 cm³/mol. The highest BCUT2D eigenvalue weighted by Gasteiger charge is 2.24. The van der Waals surface area contributed by atoms with E-state index in [-0.39, 0.29) is 5.91 Å². The van der Waals surface area contributed by atoms with Crippen molar-refractivity contribution in [1.29, 1.82) is 0 Å². The van der Waals surface area contributed by atoms with E-state index in [1.165, 1.54) is 0 Å². The van der Waals surface area contributed by atoms with Crippen LogP contribution in [0.2, 0.25) is 5.15 Å². The molecule has 1 unspecified atom stereocenters. The minimum atomic E-state index is -0.0119. The van der Waals surface area contributed by atoms with Crippen LogP contribution in [-0.4, -0.2) is 45.7 Å². The molecule has 8 heteroatoms. The third-order valence-corrected chi connectivity index (χ3v) is 5.45. The van der Waals surface area contributed by atoms with Crippen molar-refractivity contribution in [3.8, 4) is 11.3 Å².